The summed E-state index contributed by atoms with van der Waals surface area (Å²) in [6.45, 7) is 0. The zero-order valence-electron chi connectivity index (χ0n) is 6.25. The second-order valence-corrected chi connectivity index (χ2v) is 2.65. The summed E-state index contributed by atoms with van der Waals surface area (Å²) in [4.78, 5) is 20.7. The van der Waals surface area contributed by atoms with Crippen LogP contribution in [0.15, 0.2) is 17.3 Å². The molecule has 1 amide bonds. The van der Waals surface area contributed by atoms with Crippen molar-refractivity contribution in [3.63, 3.8) is 0 Å². The van der Waals surface area contributed by atoms with Gasteiger partial charge in [0.25, 0.3) is 0 Å². The number of primary amides is 1. The summed E-state index contributed by atoms with van der Waals surface area (Å²) in [6, 6.07) is 1.73. The Morgan fingerprint density at radius 2 is 2.15 bits per heavy atom. The summed E-state index contributed by atoms with van der Waals surface area (Å²) in [5.74, 6) is -1.72. The molecule has 0 bridgehead atoms. The number of carbonyl (C=O) groups excluding carboxylic acids is 1. The van der Waals surface area contributed by atoms with E-state index in [1.54, 1.807) is 0 Å². The third-order valence-corrected chi connectivity index (χ3v) is 1.71. The summed E-state index contributed by atoms with van der Waals surface area (Å²) in [5.41, 5.74) is 4.28. The molecule has 0 fully saturated rings. The molecule has 68 valence electrons. The van der Waals surface area contributed by atoms with Gasteiger partial charge in [0.1, 0.15) is 5.69 Å². The van der Waals surface area contributed by atoms with Crippen LogP contribution in [0.25, 0.3) is 0 Å². The number of halogens is 2. The van der Waals surface area contributed by atoms with E-state index in [-0.39, 0.29) is 10.6 Å². The lowest BCUT2D eigenvalue weighted by atomic mass is 10.2. The van der Waals surface area contributed by atoms with Gasteiger partial charge in [-0.3, -0.25) is 4.79 Å². The molecule has 0 radical (unpaired) electrons. The van der Waals surface area contributed by atoms with Crippen LogP contribution in [-0.2, 0) is 0 Å². The second-order valence-electron chi connectivity index (χ2n) is 2.24. The Morgan fingerprint density at radius 3 is 2.62 bits per heavy atom. The first-order valence-corrected chi connectivity index (χ1v) is 3.56. The van der Waals surface area contributed by atoms with Crippen LogP contribution < -0.4 is 5.73 Å². The van der Waals surface area contributed by atoms with Crippen molar-refractivity contribution in [2.45, 2.75) is 0 Å². The highest BCUT2D eigenvalue weighted by atomic mass is 35.5. The Kier molecular flexibility index (Phi) is 2.57. The van der Waals surface area contributed by atoms with Crippen LogP contribution in [0.5, 0.6) is 0 Å². The van der Waals surface area contributed by atoms with Crippen LogP contribution >= 0.6 is 11.6 Å². The van der Waals surface area contributed by atoms with Crippen molar-refractivity contribution in [1.82, 2.24) is 0 Å². The van der Waals surface area contributed by atoms with Gasteiger partial charge in [-0.1, -0.05) is 11.6 Å². The second kappa shape index (κ2) is 3.49. The first-order valence-electron chi connectivity index (χ1n) is 3.18. The zero-order valence-corrected chi connectivity index (χ0v) is 7.01. The molecule has 0 aliphatic carbocycles. The highest BCUT2D eigenvalue weighted by Crippen LogP contribution is 2.25. The molecule has 0 spiro atoms. The van der Waals surface area contributed by atoms with E-state index in [0.29, 0.717) is 0 Å². The minimum absolute atomic E-state index is 0.127. The van der Waals surface area contributed by atoms with Crippen LogP contribution in [-0.4, -0.2) is 5.91 Å². The Bertz CT molecular complexity index is 381. The SMILES string of the molecule is NC(=O)c1cc(N=O)c(F)cc1Cl. The summed E-state index contributed by atoms with van der Waals surface area (Å²) in [5, 5.41) is 2.22. The Hall–Kier alpha value is -1.49. The van der Waals surface area contributed by atoms with E-state index in [1.165, 1.54) is 0 Å². The van der Waals surface area contributed by atoms with E-state index < -0.39 is 17.4 Å². The maximum atomic E-state index is 12.8. The van der Waals surface area contributed by atoms with E-state index in [1.807, 2.05) is 0 Å². The maximum Gasteiger partial charge on any atom is 0.250 e. The summed E-state index contributed by atoms with van der Waals surface area (Å²) >= 11 is 5.47. The molecule has 2 N–H and O–H groups in total. The molecule has 6 heteroatoms. The number of rotatable bonds is 2. The number of hydrogen-bond acceptors (Lipinski definition) is 3. The average molecular weight is 203 g/mol. The first-order chi connectivity index (χ1) is 6.06. The number of nitrogens with zero attached hydrogens (tertiary/aromatic N) is 1. The van der Waals surface area contributed by atoms with Gasteiger partial charge in [0, 0.05) is 0 Å². The normalized spacial score (nSPS) is 9.69. The van der Waals surface area contributed by atoms with Crippen LogP contribution in [0.3, 0.4) is 0 Å². The van der Waals surface area contributed by atoms with Crippen molar-refractivity contribution >= 4 is 23.2 Å². The standard InChI is InChI=1S/C7H4ClFN2O2/c8-4-2-5(9)6(11-13)1-3(4)7(10)12/h1-2H,(H2,10,12). The van der Waals surface area contributed by atoms with Gasteiger partial charge in [-0.05, 0) is 17.3 Å². The van der Waals surface area contributed by atoms with E-state index in [0.717, 1.165) is 12.1 Å². The van der Waals surface area contributed by atoms with Crippen molar-refractivity contribution < 1.29 is 9.18 Å². The molecule has 4 nitrogen and oxygen atoms in total. The first kappa shape index (κ1) is 9.60. The predicted octanol–water partition coefficient (Wildman–Crippen LogP) is 1.98. The molecule has 0 aliphatic heterocycles. The number of benzene rings is 1. The molecule has 0 unspecified atom stereocenters. The average Bonchev–Trinajstić information content (AvgIpc) is 2.03. The fourth-order valence-electron chi connectivity index (χ4n) is 0.796. The predicted molar refractivity (Wildman–Crippen MR) is 45.4 cm³/mol. The monoisotopic (exact) mass is 202 g/mol. The summed E-state index contributed by atoms with van der Waals surface area (Å²) < 4.78 is 12.8. The summed E-state index contributed by atoms with van der Waals surface area (Å²) in [7, 11) is 0. The number of amides is 1. The molecule has 0 aromatic heterocycles. The smallest absolute Gasteiger partial charge is 0.250 e. The van der Waals surface area contributed by atoms with Crippen LogP contribution in [0.1, 0.15) is 10.4 Å². The topological polar surface area (TPSA) is 72.5 Å². The van der Waals surface area contributed by atoms with Crippen molar-refractivity contribution in [2.24, 2.45) is 10.9 Å². The van der Waals surface area contributed by atoms with Gasteiger partial charge in [-0.15, -0.1) is 4.91 Å². The Morgan fingerprint density at radius 1 is 1.54 bits per heavy atom. The molecule has 1 aromatic rings. The third kappa shape index (κ3) is 1.81. The van der Waals surface area contributed by atoms with Crippen molar-refractivity contribution in [3.05, 3.63) is 33.4 Å². The van der Waals surface area contributed by atoms with Gasteiger partial charge >= 0.3 is 0 Å². The largest absolute Gasteiger partial charge is 0.366 e. The zero-order chi connectivity index (χ0) is 10.0. The van der Waals surface area contributed by atoms with E-state index >= 15 is 0 Å². The number of nitrogens with two attached hydrogens (primary N) is 1. The van der Waals surface area contributed by atoms with Gasteiger partial charge in [-0.25, -0.2) is 4.39 Å². The number of carbonyl (C=O) groups is 1. The quantitative estimate of drug-likeness (QED) is 0.745. The third-order valence-electron chi connectivity index (χ3n) is 1.40. The lowest BCUT2D eigenvalue weighted by Gasteiger charge is -2.00. The molecule has 13 heavy (non-hydrogen) atoms. The Labute approximate surface area is 77.5 Å². The van der Waals surface area contributed by atoms with Crippen molar-refractivity contribution in [3.8, 4) is 0 Å². The van der Waals surface area contributed by atoms with E-state index in [2.05, 4.69) is 5.18 Å². The molecular weight excluding hydrogens is 199 g/mol. The molecule has 1 rings (SSSR count). The highest BCUT2D eigenvalue weighted by molar-refractivity contribution is 6.33. The lowest BCUT2D eigenvalue weighted by Crippen LogP contribution is -2.11. The van der Waals surface area contributed by atoms with Crippen LogP contribution in [0.2, 0.25) is 5.02 Å². The molecule has 0 saturated carbocycles. The number of hydrogen-bond donors (Lipinski definition) is 1. The Balaban J connectivity index is 3.38. The maximum absolute atomic E-state index is 12.8. The summed E-state index contributed by atoms with van der Waals surface area (Å²) in [6.07, 6.45) is 0. The van der Waals surface area contributed by atoms with Gasteiger partial charge in [0.2, 0.25) is 5.91 Å². The van der Waals surface area contributed by atoms with Gasteiger partial charge in [0.05, 0.1) is 10.6 Å². The van der Waals surface area contributed by atoms with Crippen molar-refractivity contribution in [1.29, 1.82) is 0 Å². The van der Waals surface area contributed by atoms with Crippen LogP contribution in [0, 0.1) is 10.7 Å². The molecule has 1 aromatic carbocycles. The fraction of sp³-hybridized carbons (Fsp3) is 0. The minimum atomic E-state index is -0.884. The molecule has 0 saturated heterocycles. The fourth-order valence-corrected chi connectivity index (χ4v) is 1.04. The van der Waals surface area contributed by atoms with Gasteiger partial charge in [-0.2, -0.15) is 0 Å². The van der Waals surface area contributed by atoms with Gasteiger partial charge < -0.3 is 5.73 Å². The van der Waals surface area contributed by atoms with Crippen molar-refractivity contribution in [2.75, 3.05) is 0 Å². The molecular formula is C7H4ClFN2O2. The lowest BCUT2D eigenvalue weighted by molar-refractivity contribution is 0.100. The minimum Gasteiger partial charge on any atom is -0.366 e. The number of nitroso groups, excluding NO2 is 1. The molecule has 0 atom stereocenters. The van der Waals surface area contributed by atoms with E-state index in [4.69, 9.17) is 17.3 Å². The van der Waals surface area contributed by atoms with Crippen LogP contribution in [0.4, 0.5) is 10.1 Å². The van der Waals surface area contributed by atoms with E-state index in [9.17, 15) is 14.1 Å². The highest BCUT2D eigenvalue weighted by Gasteiger charge is 2.12. The van der Waals surface area contributed by atoms with Gasteiger partial charge in [0.15, 0.2) is 5.82 Å². The molecule has 0 heterocycles. The molecule has 0 aliphatic rings.